The second-order valence-electron chi connectivity index (χ2n) is 3.47. The maximum Gasteiger partial charge on any atom is 0.348 e. The molecule has 0 saturated carbocycles. The summed E-state index contributed by atoms with van der Waals surface area (Å²) in [5.74, 6) is -1.14. The van der Waals surface area contributed by atoms with Crippen LogP contribution < -0.4 is 5.73 Å². The van der Waals surface area contributed by atoms with Crippen molar-refractivity contribution in [2.45, 2.75) is 0 Å². The molecule has 1 aromatic carbocycles. The third-order valence-electron chi connectivity index (χ3n) is 2.32. The number of hydrogen-bond donors (Lipinski definition) is 2. The first-order chi connectivity index (χ1) is 8.50. The number of thiophene rings is 1. The van der Waals surface area contributed by atoms with E-state index >= 15 is 0 Å². The van der Waals surface area contributed by atoms with Crippen molar-refractivity contribution < 1.29 is 14.8 Å². The molecule has 0 aliphatic carbocycles. The monoisotopic (exact) mass is 264 g/mol. The Hall–Kier alpha value is -2.41. The fourth-order valence-corrected chi connectivity index (χ4v) is 2.50. The van der Waals surface area contributed by atoms with Crippen LogP contribution in [-0.4, -0.2) is 16.0 Å². The Morgan fingerprint density at radius 1 is 1.39 bits per heavy atom. The van der Waals surface area contributed by atoms with Gasteiger partial charge in [-0.15, -0.1) is 11.3 Å². The first-order valence-corrected chi connectivity index (χ1v) is 5.68. The first-order valence-electron chi connectivity index (χ1n) is 4.87. The Morgan fingerprint density at radius 2 is 2.06 bits per heavy atom. The number of carboxylic acids is 1. The molecule has 2 rings (SSSR count). The highest BCUT2D eigenvalue weighted by Gasteiger charge is 2.19. The van der Waals surface area contributed by atoms with Gasteiger partial charge in [0.2, 0.25) is 0 Å². The van der Waals surface area contributed by atoms with Crippen molar-refractivity contribution >= 4 is 28.7 Å². The van der Waals surface area contributed by atoms with Gasteiger partial charge in [0.15, 0.2) is 0 Å². The van der Waals surface area contributed by atoms with Gasteiger partial charge in [-0.2, -0.15) is 0 Å². The maximum absolute atomic E-state index is 10.9. The van der Waals surface area contributed by atoms with Gasteiger partial charge in [-0.1, -0.05) is 12.1 Å². The molecule has 0 amide bonds. The van der Waals surface area contributed by atoms with E-state index in [4.69, 9.17) is 10.8 Å². The van der Waals surface area contributed by atoms with Gasteiger partial charge in [-0.05, 0) is 12.1 Å². The Morgan fingerprint density at radius 3 is 2.61 bits per heavy atom. The fourth-order valence-electron chi connectivity index (χ4n) is 1.55. The molecule has 0 saturated heterocycles. The molecule has 0 atom stereocenters. The molecule has 0 unspecified atom stereocenters. The number of para-hydroxylation sites is 1. The number of anilines is 1. The van der Waals surface area contributed by atoms with Crippen LogP contribution in [0.4, 0.5) is 11.4 Å². The molecule has 0 spiro atoms. The number of aromatic carboxylic acids is 1. The highest BCUT2D eigenvalue weighted by Crippen LogP contribution is 2.37. The summed E-state index contributed by atoms with van der Waals surface area (Å²) in [6.45, 7) is 0. The molecule has 1 heterocycles. The van der Waals surface area contributed by atoms with Crippen molar-refractivity contribution in [2.24, 2.45) is 0 Å². The van der Waals surface area contributed by atoms with Gasteiger partial charge in [0.1, 0.15) is 4.88 Å². The number of carbonyl (C=O) groups is 1. The van der Waals surface area contributed by atoms with E-state index < -0.39 is 10.9 Å². The van der Waals surface area contributed by atoms with E-state index in [0.29, 0.717) is 10.4 Å². The van der Waals surface area contributed by atoms with Crippen LogP contribution in [0.5, 0.6) is 0 Å². The smallest absolute Gasteiger partial charge is 0.348 e. The van der Waals surface area contributed by atoms with E-state index in [1.807, 2.05) is 0 Å². The van der Waals surface area contributed by atoms with Gasteiger partial charge in [-0.3, -0.25) is 10.1 Å². The molecule has 7 heteroatoms. The van der Waals surface area contributed by atoms with Crippen LogP contribution in [0.3, 0.4) is 0 Å². The summed E-state index contributed by atoms with van der Waals surface area (Å²) in [4.78, 5) is 21.7. The van der Waals surface area contributed by atoms with Crippen molar-refractivity contribution in [3.05, 3.63) is 45.3 Å². The highest BCUT2D eigenvalue weighted by atomic mass is 32.1. The number of rotatable bonds is 3. The number of hydrogen-bond acceptors (Lipinski definition) is 5. The summed E-state index contributed by atoms with van der Waals surface area (Å²) in [6.07, 6.45) is 0. The fraction of sp³-hybridized carbons (Fsp3) is 0. The minimum atomic E-state index is -1.14. The first kappa shape index (κ1) is 12.1. The van der Waals surface area contributed by atoms with Gasteiger partial charge in [0.25, 0.3) is 5.69 Å². The summed E-state index contributed by atoms with van der Waals surface area (Å²) in [7, 11) is 0. The zero-order chi connectivity index (χ0) is 13.3. The average molecular weight is 264 g/mol. The van der Waals surface area contributed by atoms with E-state index in [0.717, 1.165) is 11.3 Å². The van der Waals surface area contributed by atoms with Gasteiger partial charge in [-0.25, -0.2) is 4.79 Å². The van der Waals surface area contributed by atoms with Crippen molar-refractivity contribution in [2.75, 3.05) is 5.73 Å². The normalized spacial score (nSPS) is 10.2. The summed E-state index contributed by atoms with van der Waals surface area (Å²) in [6, 6.07) is 7.58. The lowest BCUT2D eigenvalue weighted by atomic mass is 10.1. The Kier molecular flexibility index (Phi) is 2.99. The molecular weight excluding hydrogens is 256 g/mol. The molecule has 2 aromatic rings. The number of nitro benzene ring substituents is 1. The molecule has 18 heavy (non-hydrogen) atoms. The lowest BCUT2D eigenvalue weighted by molar-refractivity contribution is -0.384. The standard InChI is InChI=1S/C11H8N2O4S/c12-7-5-9(18-10(7)11(14)15)6-3-1-2-4-8(6)13(16)17/h1-5H,12H2,(H,14,15). The minimum absolute atomic E-state index is 0.0110. The van der Waals surface area contributed by atoms with Crippen molar-refractivity contribution in [3.8, 4) is 10.4 Å². The van der Waals surface area contributed by atoms with Crippen molar-refractivity contribution in [1.29, 1.82) is 0 Å². The number of nitrogens with zero attached hydrogens (tertiary/aromatic N) is 1. The van der Waals surface area contributed by atoms with Crippen LogP contribution in [0, 0.1) is 10.1 Å². The Balaban J connectivity index is 2.59. The lowest BCUT2D eigenvalue weighted by Crippen LogP contribution is -1.96. The van der Waals surface area contributed by atoms with E-state index in [-0.39, 0.29) is 16.3 Å². The number of nitrogens with two attached hydrogens (primary N) is 1. The van der Waals surface area contributed by atoms with Gasteiger partial charge in [0, 0.05) is 10.9 Å². The zero-order valence-corrected chi connectivity index (χ0v) is 9.81. The highest BCUT2D eigenvalue weighted by molar-refractivity contribution is 7.18. The van der Waals surface area contributed by atoms with E-state index in [1.54, 1.807) is 18.2 Å². The second-order valence-corrected chi connectivity index (χ2v) is 4.53. The maximum atomic E-state index is 10.9. The molecule has 92 valence electrons. The van der Waals surface area contributed by atoms with Gasteiger partial charge < -0.3 is 10.8 Å². The van der Waals surface area contributed by atoms with Crippen molar-refractivity contribution in [1.82, 2.24) is 0 Å². The second kappa shape index (κ2) is 4.46. The topological polar surface area (TPSA) is 106 Å². The molecule has 0 aliphatic rings. The molecule has 0 radical (unpaired) electrons. The Bertz CT molecular complexity index is 636. The summed E-state index contributed by atoms with van der Waals surface area (Å²) >= 11 is 0.923. The molecular formula is C11H8N2O4S. The molecule has 0 bridgehead atoms. The van der Waals surface area contributed by atoms with Crippen LogP contribution >= 0.6 is 11.3 Å². The molecule has 1 aromatic heterocycles. The third-order valence-corrected chi connectivity index (χ3v) is 3.49. The molecule has 0 fully saturated rings. The van der Waals surface area contributed by atoms with Crippen LogP contribution in [0.2, 0.25) is 0 Å². The Labute approximate surface area is 105 Å². The van der Waals surface area contributed by atoms with Crippen LogP contribution in [0.25, 0.3) is 10.4 Å². The average Bonchev–Trinajstić information content (AvgIpc) is 2.71. The lowest BCUT2D eigenvalue weighted by Gasteiger charge is -1.98. The molecule has 6 nitrogen and oxygen atoms in total. The molecule has 3 N–H and O–H groups in total. The van der Waals surface area contributed by atoms with Crippen molar-refractivity contribution in [3.63, 3.8) is 0 Å². The predicted molar refractivity (Wildman–Crippen MR) is 67.8 cm³/mol. The zero-order valence-electron chi connectivity index (χ0n) is 8.99. The van der Waals surface area contributed by atoms with Crippen LogP contribution in [0.1, 0.15) is 9.67 Å². The van der Waals surface area contributed by atoms with E-state index in [2.05, 4.69) is 0 Å². The van der Waals surface area contributed by atoms with E-state index in [1.165, 1.54) is 12.1 Å². The number of carboxylic acid groups (broad SMARTS) is 1. The summed E-state index contributed by atoms with van der Waals surface area (Å²) in [5, 5.41) is 19.8. The van der Waals surface area contributed by atoms with Gasteiger partial charge in [0.05, 0.1) is 16.2 Å². The largest absolute Gasteiger partial charge is 0.477 e. The number of nitrogen functional groups attached to an aromatic ring is 1. The minimum Gasteiger partial charge on any atom is -0.477 e. The summed E-state index contributed by atoms with van der Waals surface area (Å²) in [5.41, 5.74) is 5.97. The number of benzene rings is 1. The third kappa shape index (κ3) is 2.03. The SMILES string of the molecule is Nc1cc(-c2ccccc2[N+](=O)[O-])sc1C(=O)O. The molecule has 0 aliphatic heterocycles. The summed E-state index contributed by atoms with van der Waals surface area (Å²) < 4.78 is 0. The number of nitro groups is 1. The predicted octanol–water partition coefficient (Wildman–Crippen LogP) is 2.60. The van der Waals surface area contributed by atoms with Crippen LogP contribution in [0.15, 0.2) is 30.3 Å². The quantitative estimate of drug-likeness (QED) is 0.654. The van der Waals surface area contributed by atoms with Gasteiger partial charge >= 0.3 is 5.97 Å². The van der Waals surface area contributed by atoms with Crippen LogP contribution in [-0.2, 0) is 0 Å². The van der Waals surface area contributed by atoms with E-state index in [9.17, 15) is 14.9 Å².